The highest BCUT2D eigenvalue weighted by Gasteiger charge is 2.10. The predicted octanol–water partition coefficient (Wildman–Crippen LogP) is 2.71. The van der Waals surface area contributed by atoms with Crippen LogP contribution < -0.4 is 11.1 Å². The molecule has 1 amide bonds. The smallest absolute Gasteiger partial charge is 0.224 e. The van der Waals surface area contributed by atoms with Gasteiger partial charge in [-0.2, -0.15) is 0 Å². The molecule has 0 aliphatic carbocycles. The van der Waals surface area contributed by atoms with Gasteiger partial charge in [-0.05, 0) is 49.4 Å². The first-order valence-corrected chi connectivity index (χ1v) is 7.89. The van der Waals surface area contributed by atoms with Crippen molar-refractivity contribution in [3.63, 3.8) is 0 Å². The molecule has 0 saturated carbocycles. The van der Waals surface area contributed by atoms with Crippen molar-refractivity contribution in [3.8, 4) is 0 Å². The van der Waals surface area contributed by atoms with Crippen molar-refractivity contribution < 1.29 is 9.90 Å². The summed E-state index contributed by atoms with van der Waals surface area (Å²) in [6, 6.07) is 7.62. The summed E-state index contributed by atoms with van der Waals surface area (Å²) in [5.41, 5.74) is 7.49. The number of aliphatic hydroxyl groups is 1. The molecule has 0 aliphatic heterocycles. The number of hydrogen-bond acceptors (Lipinski definition) is 3. The third-order valence-electron chi connectivity index (χ3n) is 3.69. The van der Waals surface area contributed by atoms with E-state index in [1.54, 1.807) is 0 Å². The summed E-state index contributed by atoms with van der Waals surface area (Å²) < 4.78 is 0. The number of anilines is 1. The minimum absolute atomic E-state index is 0.0584. The van der Waals surface area contributed by atoms with Gasteiger partial charge >= 0.3 is 0 Å². The first-order valence-electron chi connectivity index (χ1n) is 7.89. The van der Waals surface area contributed by atoms with Gasteiger partial charge in [0.15, 0.2) is 0 Å². The molecule has 0 bridgehead atoms. The van der Waals surface area contributed by atoms with Gasteiger partial charge in [-0.25, -0.2) is 0 Å². The topological polar surface area (TPSA) is 75.4 Å². The zero-order chi connectivity index (χ0) is 15.5. The van der Waals surface area contributed by atoms with Crippen LogP contribution in [0.1, 0.15) is 44.6 Å². The summed E-state index contributed by atoms with van der Waals surface area (Å²) in [5, 5.41) is 11.8. The molecule has 1 aromatic carbocycles. The number of benzene rings is 1. The lowest BCUT2D eigenvalue weighted by molar-refractivity contribution is -0.116. The lowest BCUT2D eigenvalue weighted by Crippen LogP contribution is -2.15. The van der Waals surface area contributed by atoms with Crippen LogP contribution in [0.15, 0.2) is 24.3 Å². The van der Waals surface area contributed by atoms with E-state index in [-0.39, 0.29) is 12.5 Å². The summed E-state index contributed by atoms with van der Waals surface area (Å²) >= 11 is 0. The van der Waals surface area contributed by atoms with Crippen LogP contribution in [-0.4, -0.2) is 24.2 Å². The van der Waals surface area contributed by atoms with Gasteiger partial charge in [0.2, 0.25) is 5.91 Å². The van der Waals surface area contributed by atoms with E-state index < -0.39 is 0 Å². The Hall–Kier alpha value is -1.39. The van der Waals surface area contributed by atoms with E-state index in [2.05, 4.69) is 12.2 Å². The molecule has 0 spiro atoms. The molecule has 4 nitrogen and oxygen atoms in total. The zero-order valence-electron chi connectivity index (χ0n) is 13.0. The van der Waals surface area contributed by atoms with Crippen LogP contribution in [0.25, 0.3) is 0 Å². The first-order chi connectivity index (χ1) is 10.2. The van der Waals surface area contributed by atoms with Crippen molar-refractivity contribution in [1.82, 2.24) is 0 Å². The molecule has 1 aromatic rings. The number of nitrogens with one attached hydrogen (secondary N) is 1. The van der Waals surface area contributed by atoms with Crippen LogP contribution >= 0.6 is 0 Å². The Balaban J connectivity index is 2.38. The molecule has 21 heavy (non-hydrogen) atoms. The van der Waals surface area contributed by atoms with Gasteiger partial charge in [0.1, 0.15) is 0 Å². The highest BCUT2D eigenvalue weighted by Crippen LogP contribution is 2.18. The van der Waals surface area contributed by atoms with Crippen molar-refractivity contribution in [2.45, 2.75) is 45.4 Å². The Morgan fingerprint density at radius 1 is 1.24 bits per heavy atom. The van der Waals surface area contributed by atoms with Gasteiger partial charge in [-0.1, -0.05) is 31.9 Å². The van der Waals surface area contributed by atoms with Gasteiger partial charge in [0.25, 0.3) is 0 Å². The Bertz CT molecular complexity index is 398. The quantitative estimate of drug-likeness (QED) is 0.620. The lowest BCUT2D eigenvalue weighted by Gasteiger charge is -2.14. The van der Waals surface area contributed by atoms with E-state index >= 15 is 0 Å². The molecule has 1 rings (SSSR count). The number of nitrogens with two attached hydrogens (primary N) is 1. The average molecular weight is 292 g/mol. The van der Waals surface area contributed by atoms with E-state index in [1.165, 1.54) is 0 Å². The number of hydrogen-bond donors (Lipinski definition) is 3. The van der Waals surface area contributed by atoms with Crippen molar-refractivity contribution in [1.29, 1.82) is 0 Å². The third kappa shape index (κ3) is 7.25. The summed E-state index contributed by atoms with van der Waals surface area (Å²) in [5.74, 6) is 0.612. The van der Waals surface area contributed by atoms with Crippen molar-refractivity contribution in [2.75, 3.05) is 18.5 Å². The van der Waals surface area contributed by atoms with E-state index in [9.17, 15) is 4.79 Å². The van der Waals surface area contributed by atoms with Gasteiger partial charge in [-0.15, -0.1) is 0 Å². The Morgan fingerprint density at radius 3 is 2.52 bits per heavy atom. The highest BCUT2D eigenvalue weighted by atomic mass is 16.2. The molecule has 118 valence electrons. The number of amides is 1. The molecule has 0 fully saturated rings. The lowest BCUT2D eigenvalue weighted by atomic mass is 9.94. The maximum absolute atomic E-state index is 12.0. The molecule has 0 radical (unpaired) electrons. The largest absolute Gasteiger partial charge is 0.396 e. The van der Waals surface area contributed by atoms with Gasteiger partial charge < -0.3 is 16.2 Å². The second-order valence-corrected chi connectivity index (χ2v) is 5.49. The van der Waals surface area contributed by atoms with E-state index in [0.29, 0.717) is 25.3 Å². The van der Waals surface area contributed by atoms with Gasteiger partial charge in [0.05, 0.1) is 0 Å². The second-order valence-electron chi connectivity index (χ2n) is 5.49. The standard InChI is InChI=1S/C17H28N2O2/c1-2-3-14(10-12-18)6-9-17(21)19-16-7-4-15(5-8-16)11-13-20/h4-5,7-8,14,20H,2-3,6,9-13,18H2,1H3,(H,19,21). The van der Waals surface area contributed by atoms with Crippen LogP contribution in [0.5, 0.6) is 0 Å². The minimum atomic E-state index is 0.0584. The fourth-order valence-electron chi connectivity index (χ4n) is 2.52. The Labute approximate surface area is 127 Å². The van der Waals surface area contributed by atoms with Crippen LogP contribution in [-0.2, 0) is 11.2 Å². The Morgan fingerprint density at radius 2 is 1.95 bits per heavy atom. The molecule has 4 heteroatoms. The van der Waals surface area contributed by atoms with Crippen molar-refractivity contribution in [3.05, 3.63) is 29.8 Å². The normalized spacial score (nSPS) is 12.1. The van der Waals surface area contributed by atoms with Crippen LogP contribution in [0.3, 0.4) is 0 Å². The van der Waals surface area contributed by atoms with E-state index in [1.807, 2.05) is 24.3 Å². The minimum Gasteiger partial charge on any atom is -0.396 e. The molecular weight excluding hydrogens is 264 g/mol. The van der Waals surface area contributed by atoms with Gasteiger partial charge in [-0.3, -0.25) is 4.79 Å². The summed E-state index contributed by atoms with van der Waals surface area (Å²) in [6.07, 6.45) is 5.37. The number of carbonyl (C=O) groups is 1. The molecule has 0 saturated heterocycles. The summed E-state index contributed by atoms with van der Waals surface area (Å²) in [4.78, 5) is 12.0. The molecule has 1 unspecified atom stereocenters. The fraction of sp³-hybridized carbons (Fsp3) is 0.588. The molecule has 0 heterocycles. The molecular formula is C17H28N2O2. The van der Waals surface area contributed by atoms with E-state index in [4.69, 9.17) is 10.8 Å². The van der Waals surface area contributed by atoms with E-state index in [0.717, 1.165) is 36.9 Å². The Kier molecular flexibility index (Phi) is 8.71. The summed E-state index contributed by atoms with van der Waals surface area (Å²) in [6.45, 7) is 3.00. The van der Waals surface area contributed by atoms with Crippen molar-refractivity contribution >= 4 is 11.6 Å². The molecule has 0 aromatic heterocycles. The van der Waals surface area contributed by atoms with Gasteiger partial charge in [0, 0.05) is 18.7 Å². The van der Waals surface area contributed by atoms with Crippen LogP contribution in [0.2, 0.25) is 0 Å². The SMILES string of the molecule is CCCC(CCN)CCC(=O)Nc1ccc(CCO)cc1. The maximum Gasteiger partial charge on any atom is 0.224 e. The molecule has 1 atom stereocenters. The molecule has 0 aliphatic rings. The van der Waals surface area contributed by atoms with Crippen molar-refractivity contribution in [2.24, 2.45) is 11.7 Å². The number of aliphatic hydroxyl groups excluding tert-OH is 1. The third-order valence-corrected chi connectivity index (χ3v) is 3.69. The average Bonchev–Trinajstić information content (AvgIpc) is 2.48. The predicted molar refractivity (Wildman–Crippen MR) is 87.2 cm³/mol. The first kappa shape index (κ1) is 17.7. The number of rotatable bonds is 10. The summed E-state index contributed by atoms with van der Waals surface area (Å²) in [7, 11) is 0. The number of carbonyl (C=O) groups excluding carboxylic acids is 1. The second kappa shape index (κ2) is 10.4. The zero-order valence-corrected chi connectivity index (χ0v) is 13.0. The highest BCUT2D eigenvalue weighted by molar-refractivity contribution is 5.90. The monoisotopic (exact) mass is 292 g/mol. The fourth-order valence-corrected chi connectivity index (χ4v) is 2.52. The molecule has 4 N–H and O–H groups in total. The van der Waals surface area contributed by atoms with Crippen LogP contribution in [0.4, 0.5) is 5.69 Å². The maximum atomic E-state index is 12.0. The van der Waals surface area contributed by atoms with Crippen LogP contribution in [0, 0.1) is 5.92 Å².